The van der Waals surface area contributed by atoms with Crippen molar-refractivity contribution in [3.8, 4) is 0 Å². The van der Waals surface area contributed by atoms with Gasteiger partial charge in [0.15, 0.2) is 0 Å². The second-order valence-corrected chi connectivity index (χ2v) is 2.25. The lowest BCUT2D eigenvalue weighted by Crippen LogP contribution is -1.87. The Morgan fingerprint density at radius 3 is 3.18 bits per heavy atom. The normalized spacial score (nSPS) is 10.3. The van der Waals surface area contributed by atoms with E-state index in [9.17, 15) is 0 Å². The van der Waals surface area contributed by atoms with E-state index in [1.54, 1.807) is 18.5 Å². The summed E-state index contributed by atoms with van der Waals surface area (Å²) in [5.74, 6) is 0. The van der Waals surface area contributed by atoms with E-state index >= 15 is 0 Å². The molecule has 0 atom stereocenters. The molecule has 0 saturated carbocycles. The van der Waals surface area contributed by atoms with Crippen molar-refractivity contribution in [3.05, 3.63) is 24.5 Å². The number of fused-ring (bicyclic) bond motifs is 1. The average Bonchev–Trinajstić information content (AvgIpc) is 2.50. The topological polar surface area (TPSA) is 60.9 Å². The van der Waals surface area contributed by atoms with Gasteiger partial charge in [-0.2, -0.15) is 0 Å². The Morgan fingerprint density at radius 1 is 1.45 bits per heavy atom. The van der Waals surface area contributed by atoms with Crippen LogP contribution in [0.5, 0.6) is 0 Å². The van der Waals surface area contributed by atoms with Gasteiger partial charge in [-0.3, -0.25) is 10.7 Å². The molecule has 0 aliphatic heterocycles. The lowest BCUT2D eigenvalue weighted by molar-refractivity contribution is 0.389. The summed E-state index contributed by atoms with van der Waals surface area (Å²) >= 11 is 0. The maximum Gasteiger partial charge on any atom is 0.0931 e. The molecule has 11 heavy (non-hydrogen) atoms. The molecule has 0 unspecified atom stereocenters. The molecule has 3 N–H and O–H groups in total. The maximum atomic E-state index is 8.55. The van der Waals surface area contributed by atoms with E-state index in [1.165, 1.54) is 0 Å². The van der Waals surface area contributed by atoms with Gasteiger partial charge in [-0.1, -0.05) is 0 Å². The highest BCUT2D eigenvalue weighted by atomic mass is 16.5. The van der Waals surface area contributed by atoms with Crippen molar-refractivity contribution in [1.29, 1.82) is 0 Å². The first-order valence-electron chi connectivity index (χ1n) is 3.23. The Morgan fingerprint density at radius 2 is 2.36 bits per heavy atom. The van der Waals surface area contributed by atoms with Gasteiger partial charge in [0, 0.05) is 0 Å². The van der Waals surface area contributed by atoms with Gasteiger partial charge >= 0.3 is 0 Å². The summed E-state index contributed by atoms with van der Waals surface area (Å²) in [6.07, 6.45) is 1.62. The Kier molecular flexibility index (Phi) is 1.26. The Bertz CT molecular complexity index is 368. The van der Waals surface area contributed by atoms with Gasteiger partial charge < -0.3 is 4.98 Å². The van der Waals surface area contributed by atoms with Gasteiger partial charge in [0.05, 0.1) is 23.0 Å². The fourth-order valence-corrected chi connectivity index (χ4v) is 1.01. The number of H-pyrrole nitrogens is 1. The molecule has 4 heteroatoms. The first kappa shape index (κ1) is 6.18. The number of nitrogens with one attached hydrogen (secondary N) is 2. The van der Waals surface area contributed by atoms with Crippen molar-refractivity contribution in [2.75, 3.05) is 5.48 Å². The molecule has 0 saturated heterocycles. The molecule has 2 aromatic rings. The molecule has 4 nitrogen and oxygen atoms in total. The van der Waals surface area contributed by atoms with E-state index in [0.717, 1.165) is 11.0 Å². The van der Waals surface area contributed by atoms with Gasteiger partial charge in [0.2, 0.25) is 0 Å². The van der Waals surface area contributed by atoms with Crippen LogP contribution in [0.4, 0.5) is 5.69 Å². The minimum atomic E-state index is 0.654. The molecule has 1 aromatic carbocycles. The standard InChI is InChI=1S/C7H7N3O/c11-10-5-1-2-6-7(3-5)9-4-8-6/h1-4,10-11H,(H,8,9). The highest BCUT2D eigenvalue weighted by molar-refractivity contribution is 5.78. The van der Waals surface area contributed by atoms with Crippen LogP contribution in [0.2, 0.25) is 0 Å². The zero-order valence-electron chi connectivity index (χ0n) is 5.70. The van der Waals surface area contributed by atoms with Crippen LogP contribution in [0, 0.1) is 0 Å². The molecule has 2 rings (SSSR count). The Labute approximate surface area is 62.8 Å². The summed E-state index contributed by atoms with van der Waals surface area (Å²) in [5.41, 5.74) is 4.51. The van der Waals surface area contributed by atoms with Crippen LogP contribution in [0.1, 0.15) is 0 Å². The number of anilines is 1. The quantitative estimate of drug-likeness (QED) is 0.536. The molecule has 0 aliphatic rings. The summed E-state index contributed by atoms with van der Waals surface area (Å²) in [6, 6.07) is 5.36. The zero-order chi connectivity index (χ0) is 7.68. The summed E-state index contributed by atoms with van der Waals surface area (Å²) in [7, 11) is 0. The average molecular weight is 149 g/mol. The van der Waals surface area contributed by atoms with Crippen LogP contribution in [0.15, 0.2) is 24.5 Å². The molecule has 0 bridgehead atoms. The SMILES string of the molecule is ONc1ccc2nc[nH]c2c1. The highest BCUT2D eigenvalue weighted by Gasteiger charge is 1.95. The van der Waals surface area contributed by atoms with Gasteiger partial charge in [-0.25, -0.2) is 4.98 Å². The van der Waals surface area contributed by atoms with E-state index in [1.807, 2.05) is 6.07 Å². The molecule has 0 aliphatic carbocycles. The molecule has 56 valence electrons. The predicted octanol–water partition coefficient (Wildman–Crippen LogP) is 1.36. The van der Waals surface area contributed by atoms with Crippen molar-refractivity contribution in [1.82, 2.24) is 9.97 Å². The number of hydrogen-bond donors (Lipinski definition) is 3. The lowest BCUT2D eigenvalue weighted by atomic mass is 10.3. The van der Waals surface area contributed by atoms with Crippen molar-refractivity contribution in [2.45, 2.75) is 0 Å². The van der Waals surface area contributed by atoms with Crippen molar-refractivity contribution < 1.29 is 5.21 Å². The molecular weight excluding hydrogens is 142 g/mol. The van der Waals surface area contributed by atoms with Crippen molar-refractivity contribution in [2.24, 2.45) is 0 Å². The molecule has 1 heterocycles. The summed E-state index contributed by atoms with van der Waals surface area (Å²) in [6.45, 7) is 0. The monoisotopic (exact) mass is 149 g/mol. The highest BCUT2D eigenvalue weighted by Crippen LogP contribution is 2.14. The van der Waals surface area contributed by atoms with E-state index in [0.29, 0.717) is 5.69 Å². The van der Waals surface area contributed by atoms with Gasteiger partial charge in [-0.15, -0.1) is 0 Å². The number of benzene rings is 1. The minimum absolute atomic E-state index is 0.654. The van der Waals surface area contributed by atoms with Gasteiger partial charge in [0.1, 0.15) is 0 Å². The smallest absolute Gasteiger partial charge is 0.0931 e. The molecule has 0 radical (unpaired) electrons. The van der Waals surface area contributed by atoms with E-state index in [-0.39, 0.29) is 0 Å². The van der Waals surface area contributed by atoms with Crippen LogP contribution in [-0.2, 0) is 0 Å². The molecule has 0 amide bonds. The number of aromatic nitrogens is 2. The van der Waals surface area contributed by atoms with Crippen LogP contribution in [0.3, 0.4) is 0 Å². The van der Waals surface area contributed by atoms with Crippen LogP contribution in [0.25, 0.3) is 11.0 Å². The number of nitrogens with zero attached hydrogens (tertiary/aromatic N) is 1. The van der Waals surface area contributed by atoms with Crippen LogP contribution < -0.4 is 5.48 Å². The molecule has 0 fully saturated rings. The van der Waals surface area contributed by atoms with E-state index in [4.69, 9.17) is 5.21 Å². The Hall–Kier alpha value is -1.55. The largest absolute Gasteiger partial charge is 0.345 e. The second kappa shape index (κ2) is 2.25. The predicted molar refractivity (Wildman–Crippen MR) is 41.5 cm³/mol. The number of imidazole rings is 1. The van der Waals surface area contributed by atoms with Gasteiger partial charge in [0.25, 0.3) is 0 Å². The van der Waals surface area contributed by atoms with Crippen LogP contribution >= 0.6 is 0 Å². The van der Waals surface area contributed by atoms with Crippen LogP contribution in [-0.4, -0.2) is 15.2 Å². The van der Waals surface area contributed by atoms with E-state index < -0.39 is 0 Å². The van der Waals surface area contributed by atoms with E-state index in [2.05, 4.69) is 15.4 Å². The zero-order valence-corrected chi connectivity index (χ0v) is 5.70. The molecular formula is C7H7N3O. The van der Waals surface area contributed by atoms with Gasteiger partial charge in [-0.05, 0) is 18.2 Å². The first-order valence-corrected chi connectivity index (χ1v) is 3.23. The molecule has 0 spiro atoms. The third kappa shape index (κ3) is 0.929. The fourth-order valence-electron chi connectivity index (χ4n) is 1.01. The third-order valence-corrected chi connectivity index (χ3v) is 1.55. The van der Waals surface area contributed by atoms with Crippen molar-refractivity contribution in [3.63, 3.8) is 0 Å². The first-order chi connectivity index (χ1) is 5.40. The summed E-state index contributed by atoms with van der Waals surface area (Å²) in [5, 5.41) is 8.55. The minimum Gasteiger partial charge on any atom is -0.345 e. The summed E-state index contributed by atoms with van der Waals surface area (Å²) in [4.78, 5) is 6.96. The summed E-state index contributed by atoms with van der Waals surface area (Å²) < 4.78 is 0. The lowest BCUT2D eigenvalue weighted by Gasteiger charge is -1.95. The maximum absolute atomic E-state index is 8.55. The fraction of sp³-hybridized carbons (Fsp3) is 0. The molecule has 1 aromatic heterocycles. The van der Waals surface area contributed by atoms with Crippen molar-refractivity contribution >= 4 is 16.7 Å². The third-order valence-electron chi connectivity index (χ3n) is 1.55. The second-order valence-electron chi connectivity index (χ2n) is 2.25. The Balaban J connectivity index is 2.67. The number of hydrogen-bond acceptors (Lipinski definition) is 3. The number of aromatic amines is 1. The number of rotatable bonds is 1.